The largest absolute Gasteiger partial charge is 0.480 e. The van der Waals surface area contributed by atoms with Crippen LogP contribution in [0.25, 0.3) is 11.3 Å². The highest BCUT2D eigenvalue weighted by Crippen LogP contribution is 2.29. The van der Waals surface area contributed by atoms with Crippen molar-refractivity contribution in [1.29, 1.82) is 0 Å². The molecule has 0 radical (unpaired) electrons. The van der Waals surface area contributed by atoms with Crippen LogP contribution in [0.3, 0.4) is 0 Å². The highest BCUT2D eigenvalue weighted by Gasteiger charge is 2.12. The maximum atomic E-state index is 6.01. The number of nitrogens with zero attached hydrogens (tertiary/aromatic N) is 3. The van der Waals surface area contributed by atoms with E-state index in [0.29, 0.717) is 22.2 Å². The molecule has 6 heteroatoms. The van der Waals surface area contributed by atoms with Gasteiger partial charge in [-0.15, -0.1) is 0 Å². The van der Waals surface area contributed by atoms with Gasteiger partial charge in [0.2, 0.25) is 5.88 Å². The molecule has 0 aliphatic carbocycles. The molecule has 0 unspecified atom stereocenters. The minimum Gasteiger partial charge on any atom is -0.480 e. The van der Waals surface area contributed by atoms with Crippen molar-refractivity contribution in [3.05, 3.63) is 29.0 Å². The summed E-state index contributed by atoms with van der Waals surface area (Å²) in [6.07, 6.45) is 1.60. The molecule has 0 bridgehead atoms. The molecule has 0 fully saturated rings. The van der Waals surface area contributed by atoms with Crippen LogP contribution >= 0.6 is 11.6 Å². The zero-order chi connectivity index (χ0) is 13.1. The van der Waals surface area contributed by atoms with Crippen LogP contribution in [0.5, 0.6) is 11.9 Å². The Balaban J connectivity index is 2.55. The normalized spacial score (nSPS) is 10.2. The van der Waals surface area contributed by atoms with Crippen LogP contribution in [0.15, 0.2) is 18.3 Å². The Labute approximate surface area is 110 Å². The third-order valence-corrected chi connectivity index (χ3v) is 2.52. The Bertz CT molecular complexity index is 555. The van der Waals surface area contributed by atoms with Crippen molar-refractivity contribution in [2.75, 3.05) is 14.2 Å². The molecular formula is C12H12ClN3O2. The number of aromatic nitrogens is 3. The van der Waals surface area contributed by atoms with Crippen LogP contribution in [-0.4, -0.2) is 29.2 Å². The number of halogens is 1. The average molecular weight is 266 g/mol. The molecule has 0 N–H and O–H groups in total. The van der Waals surface area contributed by atoms with Crippen molar-refractivity contribution >= 4 is 11.6 Å². The van der Waals surface area contributed by atoms with E-state index in [1.807, 2.05) is 6.92 Å². The fourth-order valence-corrected chi connectivity index (χ4v) is 1.81. The van der Waals surface area contributed by atoms with Gasteiger partial charge in [0.15, 0.2) is 0 Å². The van der Waals surface area contributed by atoms with E-state index >= 15 is 0 Å². The van der Waals surface area contributed by atoms with Gasteiger partial charge >= 0.3 is 6.01 Å². The third-order valence-electron chi connectivity index (χ3n) is 2.30. The van der Waals surface area contributed by atoms with Crippen molar-refractivity contribution in [2.24, 2.45) is 0 Å². The number of methoxy groups -OCH3 is 2. The molecular weight excluding hydrogens is 254 g/mol. The lowest BCUT2D eigenvalue weighted by Crippen LogP contribution is -1.99. The summed E-state index contributed by atoms with van der Waals surface area (Å²) in [6.45, 7) is 1.87. The second-order valence-electron chi connectivity index (χ2n) is 3.59. The lowest BCUT2D eigenvalue weighted by atomic mass is 10.2. The Morgan fingerprint density at radius 3 is 2.50 bits per heavy atom. The first kappa shape index (κ1) is 12.6. The fourth-order valence-electron chi connectivity index (χ4n) is 1.54. The highest BCUT2D eigenvalue weighted by molar-refractivity contribution is 6.30. The van der Waals surface area contributed by atoms with Crippen molar-refractivity contribution in [3.8, 4) is 23.1 Å². The quantitative estimate of drug-likeness (QED) is 0.853. The van der Waals surface area contributed by atoms with E-state index < -0.39 is 0 Å². The molecule has 0 aromatic carbocycles. The van der Waals surface area contributed by atoms with E-state index in [2.05, 4.69) is 15.0 Å². The molecule has 0 atom stereocenters. The van der Waals surface area contributed by atoms with Gasteiger partial charge in [-0.1, -0.05) is 11.6 Å². The molecule has 18 heavy (non-hydrogen) atoms. The molecule has 2 heterocycles. The van der Waals surface area contributed by atoms with Gasteiger partial charge in [0.1, 0.15) is 0 Å². The molecule has 0 saturated carbocycles. The van der Waals surface area contributed by atoms with Gasteiger partial charge < -0.3 is 9.47 Å². The molecule has 2 aromatic heterocycles. The maximum absolute atomic E-state index is 6.01. The van der Waals surface area contributed by atoms with Crippen LogP contribution in [0.4, 0.5) is 0 Å². The van der Waals surface area contributed by atoms with Crippen molar-refractivity contribution in [2.45, 2.75) is 6.92 Å². The van der Waals surface area contributed by atoms with Gasteiger partial charge in [-0.2, -0.15) is 4.98 Å². The van der Waals surface area contributed by atoms with Crippen LogP contribution in [0.2, 0.25) is 5.02 Å². The summed E-state index contributed by atoms with van der Waals surface area (Å²) in [7, 11) is 3.03. The minimum atomic E-state index is 0.245. The second kappa shape index (κ2) is 5.18. The Kier molecular flexibility index (Phi) is 3.62. The monoisotopic (exact) mass is 265 g/mol. The standard InChI is InChI=1S/C12H12ClN3O2/c1-7-4-8(13)5-10(15-7)9-6-14-12(18-3)16-11(9)17-2/h4-6H,1-3H3. The first-order valence-corrected chi connectivity index (χ1v) is 5.61. The second-order valence-corrected chi connectivity index (χ2v) is 4.03. The summed E-state index contributed by atoms with van der Waals surface area (Å²) in [5.74, 6) is 0.399. The Hall–Kier alpha value is -1.88. The topological polar surface area (TPSA) is 57.1 Å². The minimum absolute atomic E-state index is 0.245. The van der Waals surface area contributed by atoms with E-state index in [4.69, 9.17) is 21.1 Å². The van der Waals surface area contributed by atoms with E-state index in [1.165, 1.54) is 14.2 Å². The van der Waals surface area contributed by atoms with Crippen LogP contribution in [0.1, 0.15) is 5.69 Å². The molecule has 0 aliphatic rings. The van der Waals surface area contributed by atoms with E-state index in [9.17, 15) is 0 Å². The Morgan fingerprint density at radius 1 is 1.11 bits per heavy atom. The molecule has 5 nitrogen and oxygen atoms in total. The molecule has 0 spiro atoms. The summed E-state index contributed by atoms with van der Waals surface area (Å²) < 4.78 is 10.2. The molecule has 94 valence electrons. The molecule has 0 saturated heterocycles. The van der Waals surface area contributed by atoms with E-state index in [1.54, 1.807) is 18.3 Å². The summed E-state index contributed by atoms with van der Waals surface area (Å²) in [4.78, 5) is 12.5. The summed E-state index contributed by atoms with van der Waals surface area (Å²) >= 11 is 6.01. The molecule has 0 amide bonds. The van der Waals surface area contributed by atoms with Gasteiger partial charge in [-0.25, -0.2) is 4.98 Å². The van der Waals surface area contributed by atoms with Gasteiger partial charge in [-0.05, 0) is 19.1 Å². The Morgan fingerprint density at radius 2 is 1.89 bits per heavy atom. The third kappa shape index (κ3) is 2.51. The summed E-state index contributed by atoms with van der Waals surface area (Å²) in [5.41, 5.74) is 2.15. The fraction of sp³-hybridized carbons (Fsp3) is 0.250. The number of pyridine rings is 1. The first-order valence-electron chi connectivity index (χ1n) is 5.23. The van der Waals surface area contributed by atoms with E-state index in [-0.39, 0.29) is 6.01 Å². The SMILES string of the molecule is COc1ncc(-c2cc(Cl)cc(C)n2)c(OC)n1. The van der Waals surface area contributed by atoms with Crippen LogP contribution in [-0.2, 0) is 0 Å². The van der Waals surface area contributed by atoms with Crippen molar-refractivity contribution < 1.29 is 9.47 Å². The molecule has 0 aliphatic heterocycles. The zero-order valence-electron chi connectivity index (χ0n) is 10.3. The number of aryl methyl sites for hydroxylation is 1. The lowest BCUT2D eigenvalue weighted by Gasteiger charge is -2.08. The number of hydrogen-bond acceptors (Lipinski definition) is 5. The summed E-state index contributed by atoms with van der Waals surface area (Å²) in [6, 6.07) is 3.76. The molecule has 2 rings (SSSR count). The van der Waals surface area contributed by atoms with E-state index in [0.717, 1.165) is 5.69 Å². The number of ether oxygens (including phenoxy) is 2. The first-order chi connectivity index (χ1) is 8.63. The van der Waals surface area contributed by atoms with Crippen LogP contribution in [0, 0.1) is 6.92 Å². The van der Waals surface area contributed by atoms with Gasteiger partial charge in [-0.3, -0.25) is 4.98 Å². The highest BCUT2D eigenvalue weighted by atomic mass is 35.5. The smallest absolute Gasteiger partial charge is 0.319 e. The van der Waals surface area contributed by atoms with Gasteiger partial charge in [0.25, 0.3) is 0 Å². The van der Waals surface area contributed by atoms with Gasteiger partial charge in [0.05, 0.1) is 25.5 Å². The van der Waals surface area contributed by atoms with Gasteiger partial charge in [0, 0.05) is 16.9 Å². The maximum Gasteiger partial charge on any atom is 0.319 e. The zero-order valence-corrected chi connectivity index (χ0v) is 11.0. The predicted molar refractivity (Wildman–Crippen MR) is 68.1 cm³/mol. The number of rotatable bonds is 3. The lowest BCUT2D eigenvalue weighted by molar-refractivity contribution is 0.353. The number of hydrogen-bond donors (Lipinski definition) is 0. The van der Waals surface area contributed by atoms with Crippen LogP contribution < -0.4 is 9.47 Å². The molecule has 2 aromatic rings. The predicted octanol–water partition coefficient (Wildman–Crippen LogP) is 2.52. The average Bonchev–Trinajstić information content (AvgIpc) is 2.36. The van der Waals surface area contributed by atoms with Crippen molar-refractivity contribution in [3.63, 3.8) is 0 Å². The summed E-state index contributed by atoms with van der Waals surface area (Å²) in [5, 5.41) is 0.607. The van der Waals surface area contributed by atoms with Crippen molar-refractivity contribution in [1.82, 2.24) is 15.0 Å².